The number of nitrogens with zero attached hydrogens (tertiary/aromatic N) is 1. The molecule has 1 saturated heterocycles. The van der Waals surface area contributed by atoms with E-state index in [1.54, 1.807) is 0 Å². The van der Waals surface area contributed by atoms with E-state index in [-0.39, 0.29) is 0 Å². The van der Waals surface area contributed by atoms with Gasteiger partial charge in [0.15, 0.2) is 5.78 Å². The number of Topliss-reactive ketones (excluding diaryl/α,β-unsaturated/α-hetero) is 1. The maximum Gasteiger partial charge on any atom is 0.163 e. The standard InChI is InChI=1S/C15H17NO2/c17-14-5-4-13-15-10(2-1-3-12(14)15)6-7-16(13)11-8-18-9-11/h1-3,11,13H,4-9H2. The molecule has 3 heteroatoms. The van der Waals surface area contributed by atoms with Crippen LogP contribution in [0.4, 0.5) is 0 Å². The van der Waals surface area contributed by atoms with Gasteiger partial charge in [-0.05, 0) is 24.0 Å². The Hall–Kier alpha value is -1.19. The average Bonchev–Trinajstić information content (AvgIpc) is 2.33. The fraction of sp³-hybridized carbons (Fsp3) is 0.533. The summed E-state index contributed by atoms with van der Waals surface area (Å²) in [6.07, 6.45) is 2.76. The minimum absolute atomic E-state index is 0.329. The van der Waals surface area contributed by atoms with Crippen molar-refractivity contribution >= 4 is 5.78 Å². The van der Waals surface area contributed by atoms with E-state index in [1.165, 1.54) is 11.1 Å². The lowest BCUT2D eigenvalue weighted by Crippen LogP contribution is -2.53. The third-order valence-corrected chi connectivity index (χ3v) is 4.60. The second kappa shape index (κ2) is 3.90. The van der Waals surface area contributed by atoms with Crippen molar-refractivity contribution in [3.63, 3.8) is 0 Å². The van der Waals surface area contributed by atoms with Crippen LogP contribution in [0.25, 0.3) is 0 Å². The maximum absolute atomic E-state index is 12.0. The molecule has 0 spiro atoms. The van der Waals surface area contributed by atoms with Crippen molar-refractivity contribution in [2.75, 3.05) is 19.8 Å². The molecule has 3 nitrogen and oxygen atoms in total. The van der Waals surface area contributed by atoms with E-state index in [0.29, 0.717) is 24.3 Å². The van der Waals surface area contributed by atoms with Gasteiger partial charge in [-0.1, -0.05) is 18.2 Å². The first-order valence-electron chi connectivity index (χ1n) is 6.83. The minimum Gasteiger partial charge on any atom is -0.378 e. The van der Waals surface area contributed by atoms with Gasteiger partial charge in [0, 0.05) is 24.6 Å². The highest BCUT2D eigenvalue weighted by molar-refractivity contribution is 5.99. The summed E-state index contributed by atoms with van der Waals surface area (Å²) in [4.78, 5) is 14.6. The van der Waals surface area contributed by atoms with Crippen LogP contribution in [0.15, 0.2) is 18.2 Å². The summed E-state index contributed by atoms with van der Waals surface area (Å²) in [6, 6.07) is 7.27. The predicted molar refractivity (Wildman–Crippen MR) is 67.8 cm³/mol. The molecule has 0 N–H and O–H groups in total. The lowest BCUT2D eigenvalue weighted by Gasteiger charge is -2.47. The van der Waals surface area contributed by atoms with Crippen molar-refractivity contribution in [3.8, 4) is 0 Å². The van der Waals surface area contributed by atoms with E-state index in [2.05, 4.69) is 11.0 Å². The van der Waals surface area contributed by atoms with Gasteiger partial charge in [0.05, 0.1) is 19.3 Å². The summed E-state index contributed by atoms with van der Waals surface area (Å²) in [5, 5.41) is 0. The highest BCUT2D eigenvalue weighted by atomic mass is 16.5. The van der Waals surface area contributed by atoms with Gasteiger partial charge < -0.3 is 4.74 Å². The number of benzene rings is 1. The Balaban J connectivity index is 1.80. The van der Waals surface area contributed by atoms with E-state index in [4.69, 9.17) is 4.74 Å². The molecule has 1 aliphatic carbocycles. The zero-order valence-electron chi connectivity index (χ0n) is 10.4. The van der Waals surface area contributed by atoms with Crippen LogP contribution in [-0.4, -0.2) is 36.5 Å². The van der Waals surface area contributed by atoms with Crippen molar-refractivity contribution in [3.05, 3.63) is 34.9 Å². The highest BCUT2D eigenvalue weighted by Gasteiger charge is 2.39. The second-order valence-corrected chi connectivity index (χ2v) is 5.54. The molecule has 2 aliphatic heterocycles. The zero-order valence-corrected chi connectivity index (χ0v) is 10.4. The van der Waals surface area contributed by atoms with Gasteiger partial charge >= 0.3 is 0 Å². The van der Waals surface area contributed by atoms with Crippen LogP contribution < -0.4 is 0 Å². The summed E-state index contributed by atoms with van der Waals surface area (Å²) >= 11 is 0. The summed E-state index contributed by atoms with van der Waals surface area (Å²) in [5.74, 6) is 0.329. The van der Waals surface area contributed by atoms with Crippen LogP contribution in [-0.2, 0) is 11.2 Å². The number of hydrogen-bond donors (Lipinski definition) is 0. The van der Waals surface area contributed by atoms with Gasteiger partial charge in [0.25, 0.3) is 0 Å². The number of hydrogen-bond acceptors (Lipinski definition) is 3. The Labute approximate surface area is 107 Å². The van der Waals surface area contributed by atoms with Crippen LogP contribution in [0.2, 0.25) is 0 Å². The van der Waals surface area contributed by atoms with Crippen LogP contribution >= 0.6 is 0 Å². The second-order valence-electron chi connectivity index (χ2n) is 5.54. The first-order chi connectivity index (χ1) is 8.84. The van der Waals surface area contributed by atoms with Crippen LogP contribution in [0.3, 0.4) is 0 Å². The van der Waals surface area contributed by atoms with E-state index >= 15 is 0 Å². The highest BCUT2D eigenvalue weighted by Crippen LogP contribution is 2.41. The van der Waals surface area contributed by atoms with Crippen molar-refractivity contribution < 1.29 is 9.53 Å². The Bertz CT molecular complexity index is 507. The molecule has 18 heavy (non-hydrogen) atoms. The Morgan fingerprint density at radius 2 is 2.11 bits per heavy atom. The Kier molecular flexibility index (Phi) is 2.32. The Morgan fingerprint density at radius 3 is 2.89 bits per heavy atom. The van der Waals surface area contributed by atoms with Crippen LogP contribution in [0, 0.1) is 0 Å². The first kappa shape index (κ1) is 10.7. The van der Waals surface area contributed by atoms with Gasteiger partial charge in [-0.2, -0.15) is 0 Å². The van der Waals surface area contributed by atoms with Gasteiger partial charge in [-0.25, -0.2) is 0 Å². The molecule has 0 radical (unpaired) electrons. The third-order valence-electron chi connectivity index (χ3n) is 4.60. The van der Waals surface area contributed by atoms with Gasteiger partial charge in [0.1, 0.15) is 0 Å². The molecule has 2 heterocycles. The SMILES string of the molecule is O=C1CCC2c3c(cccc31)CCN2C1COC1. The van der Waals surface area contributed by atoms with Gasteiger partial charge in [-0.15, -0.1) is 0 Å². The topological polar surface area (TPSA) is 29.5 Å². The number of carbonyl (C=O) groups is 1. The van der Waals surface area contributed by atoms with E-state index in [9.17, 15) is 4.79 Å². The third kappa shape index (κ3) is 1.41. The van der Waals surface area contributed by atoms with E-state index < -0.39 is 0 Å². The fourth-order valence-corrected chi connectivity index (χ4v) is 3.60. The molecule has 4 rings (SSSR count). The van der Waals surface area contributed by atoms with Crippen molar-refractivity contribution in [2.24, 2.45) is 0 Å². The van der Waals surface area contributed by atoms with Crippen LogP contribution in [0.5, 0.6) is 0 Å². The number of rotatable bonds is 1. The van der Waals surface area contributed by atoms with Gasteiger partial charge in [-0.3, -0.25) is 9.69 Å². The molecule has 1 unspecified atom stereocenters. The molecule has 0 saturated carbocycles. The lowest BCUT2D eigenvalue weighted by atomic mass is 9.79. The van der Waals surface area contributed by atoms with Crippen molar-refractivity contribution in [2.45, 2.75) is 31.3 Å². The monoisotopic (exact) mass is 243 g/mol. The molecular weight excluding hydrogens is 226 g/mol. The van der Waals surface area contributed by atoms with Crippen molar-refractivity contribution in [1.29, 1.82) is 0 Å². The summed E-state index contributed by atoms with van der Waals surface area (Å²) in [7, 11) is 0. The quantitative estimate of drug-likeness (QED) is 0.755. The zero-order chi connectivity index (χ0) is 12.1. The van der Waals surface area contributed by atoms with E-state index in [1.807, 2.05) is 12.1 Å². The Morgan fingerprint density at radius 1 is 1.22 bits per heavy atom. The van der Waals surface area contributed by atoms with Gasteiger partial charge in [0.2, 0.25) is 0 Å². The fourth-order valence-electron chi connectivity index (χ4n) is 3.60. The molecule has 1 atom stereocenters. The molecule has 1 fully saturated rings. The summed E-state index contributed by atoms with van der Waals surface area (Å²) in [6.45, 7) is 2.84. The molecule has 1 aromatic carbocycles. The largest absolute Gasteiger partial charge is 0.378 e. The molecular formula is C15H17NO2. The molecule has 0 amide bonds. The number of carbonyl (C=O) groups excluding carboxylic acids is 1. The smallest absolute Gasteiger partial charge is 0.163 e. The summed E-state index contributed by atoms with van der Waals surface area (Å²) in [5.41, 5.74) is 3.70. The lowest BCUT2D eigenvalue weighted by molar-refractivity contribution is -0.0840. The molecule has 3 aliphatic rings. The molecule has 0 aromatic heterocycles. The van der Waals surface area contributed by atoms with E-state index in [0.717, 1.165) is 38.2 Å². The minimum atomic E-state index is 0.329. The van der Waals surface area contributed by atoms with Crippen molar-refractivity contribution in [1.82, 2.24) is 4.90 Å². The average molecular weight is 243 g/mol. The normalized spacial score (nSPS) is 27.8. The molecule has 94 valence electrons. The maximum atomic E-state index is 12.0. The summed E-state index contributed by atoms with van der Waals surface area (Å²) < 4.78 is 5.33. The first-order valence-corrected chi connectivity index (χ1v) is 6.83. The number of ether oxygens (including phenoxy) is 1. The molecule has 0 bridgehead atoms. The predicted octanol–water partition coefficient (Wildman–Crippen LogP) is 1.96. The molecule has 1 aromatic rings. The number of ketones is 1. The van der Waals surface area contributed by atoms with Crippen LogP contribution in [0.1, 0.15) is 40.4 Å².